The van der Waals surface area contributed by atoms with Gasteiger partial charge in [-0.25, -0.2) is 0 Å². The first-order chi connectivity index (χ1) is 15.1. The van der Waals surface area contributed by atoms with Gasteiger partial charge in [0.05, 0.1) is 23.6 Å². The first-order valence-electron chi connectivity index (χ1n) is 10.0. The molecular weight excluding hydrogens is 410 g/mol. The summed E-state index contributed by atoms with van der Waals surface area (Å²) >= 11 is 6.15. The van der Waals surface area contributed by atoms with Gasteiger partial charge in [0.15, 0.2) is 0 Å². The Labute approximate surface area is 186 Å². The first kappa shape index (κ1) is 20.8. The SMILES string of the molecule is CCOc1cc2occ(-c3ccccc3)c2cc1/C(C)=C/C(=O)Nc1ccccc1Cl. The molecule has 3 aromatic carbocycles. The van der Waals surface area contributed by atoms with Crippen LogP contribution in [-0.4, -0.2) is 12.5 Å². The van der Waals surface area contributed by atoms with E-state index in [1.54, 1.807) is 24.5 Å². The number of benzene rings is 3. The molecule has 1 N–H and O–H groups in total. The minimum absolute atomic E-state index is 0.261. The van der Waals surface area contributed by atoms with E-state index in [1.165, 1.54) is 0 Å². The number of carbonyl (C=O) groups is 1. The normalized spacial score (nSPS) is 11.5. The summed E-state index contributed by atoms with van der Waals surface area (Å²) in [5.41, 5.74) is 4.97. The average Bonchev–Trinajstić information content (AvgIpc) is 3.18. The van der Waals surface area contributed by atoms with Crippen molar-refractivity contribution in [1.29, 1.82) is 0 Å². The fourth-order valence-corrected chi connectivity index (χ4v) is 3.67. The van der Waals surface area contributed by atoms with Crippen LogP contribution in [0, 0.1) is 0 Å². The number of para-hydroxylation sites is 1. The maximum absolute atomic E-state index is 12.6. The van der Waals surface area contributed by atoms with Gasteiger partial charge in [-0.3, -0.25) is 4.79 Å². The summed E-state index contributed by atoms with van der Waals surface area (Å²) in [5, 5.41) is 4.28. The van der Waals surface area contributed by atoms with Crippen LogP contribution in [0.1, 0.15) is 19.4 Å². The van der Waals surface area contributed by atoms with Gasteiger partial charge in [-0.05, 0) is 43.2 Å². The fourth-order valence-electron chi connectivity index (χ4n) is 3.49. The van der Waals surface area contributed by atoms with Crippen molar-refractivity contribution in [3.63, 3.8) is 0 Å². The number of hydrogen-bond acceptors (Lipinski definition) is 3. The number of furan rings is 1. The van der Waals surface area contributed by atoms with E-state index in [-0.39, 0.29) is 5.91 Å². The van der Waals surface area contributed by atoms with E-state index in [0.717, 1.165) is 33.2 Å². The van der Waals surface area contributed by atoms with Crippen molar-refractivity contribution < 1.29 is 13.9 Å². The molecule has 5 heteroatoms. The number of amides is 1. The summed E-state index contributed by atoms with van der Waals surface area (Å²) in [6.07, 6.45) is 3.30. The Balaban J connectivity index is 1.73. The highest BCUT2D eigenvalue weighted by molar-refractivity contribution is 6.33. The molecule has 0 unspecified atom stereocenters. The second-order valence-electron chi connectivity index (χ2n) is 7.09. The van der Waals surface area contributed by atoms with Crippen LogP contribution in [0.25, 0.3) is 27.7 Å². The first-order valence-corrected chi connectivity index (χ1v) is 10.4. The fraction of sp³-hybridized carbons (Fsp3) is 0.115. The molecule has 1 aromatic heterocycles. The zero-order valence-corrected chi connectivity index (χ0v) is 18.1. The lowest BCUT2D eigenvalue weighted by Crippen LogP contribution is -2.09. The number of nitrogens with one attached hydrogen (secondary N) is 1. The van der Waals surface area contributed by atoms with E-state index in [2.05, 4.69) is 5.32 Å². The Morgan fingerprint density at radius 2 is 1.84 bits per heavy atom. The van der Waals surface area contributed by atoms with Crippen molar-refractivity contribution >= 4 is 39.7 Å². The maximum atomic E-state index is 12.6. The van der Waals surface area contributed by atoms with Gasteiger partial charge in [0.2, 0.25) is 5.91 Å². The van der Waals surface area contributed by atoms with E-state index >= 15 is 0 Å². The molecule has 4 aromatic rings. The van der Waals surface area contributed by atoms with Gasteiger partial charge in [0.1, 0.15) is 11.3 Å². The van der Waals surface area contributed by atoms with E-state index in [4.69, 9.17) is 20.8 Å². The Kier molecular flexibility index (Phi) is 6.10. The molecule has 0 saturated heterocycles. The van der Waals surface area contributed by atoms with Gasteiger partial charge in [-0.1, -0.05) is 54.1 Å². The van der Waals surface area contributed by atoms with Gasteiger partial charge in [-0.15, -0.1) is 0 Å². The molecule has 0 spiro atoms. The molecule has 4 rings (SSSR count). The smallest absolute Gasteiger partial charge is 0.248 e. The molecule has 156 valence electrons. The minimum Gasteiger partial charge on any atom is -0.493 e. The van der Waals surface area contributed by atoms with Crippen LogP contribution < -0.4 is 10.1 Å². The van der Waals surface area contributed by atoms with Crippen LogP contribution in [0.5, 0.6) is 5.75 Å². The molecule has 0 aliphatic carbocycles. The number of halogens is 1. The van der Waals surface area contributed by atoms with Gasteiger partial charge in [0, 0.05) is 28.7 Å². The highest BCUT2D eigenvalue weighted by atomic mass is 35.5. The second kappa shape index (κ2) is 9.11. The molecule has 0 saturated carbocycles. The highest BCUT2D eigenvalue weighted by Gasteiger charge is 2.15. The van der Waals surface area contributed by atoms with Gasteiger partial charge >= 0.3 is 0 Å². The Morgan fingerprint density at radius 1 is 1.10 bits per heavy atom. The maximum Gasteiger partial charge on any atom is 0.248 e. The average molecular weight is 432 g/mol. The predicted octanol–water partition coefficient (Wildman–Crippen LogP) is 7.19. The number of ether oxygens (including phenoxy) is 1. The Bertz CT molecular complexity index is 1260. The van der Waals surface area contributed by atoms with Gasteiger partial charge in [0.25, 0.3) is 0 Å². The van der Waals surface area contributed by atoms with Gasteiger partial charge in [-0.2, -0.15) is 0 Å². The molecule has 1 amide bonds. The molecular formula is C26H22ClNO3. The largest absolute Gasteiger partial charge is 0.493 e. The number of anilines is 1. The summed E-state index contributed by atoms with van der Waals surface area (Å²) in [4.78, 5) is 12.6. The lowest BCUT2D eigenvalue weighted by atomic mass is 9.99. The third-order valence-corrected chi connectivity index (χ3v) is 5.29. The summed E-state index contributed by atoms with van der Waals surface area (Å²) < 4.78 is 11.7. The number of allylic oxidation sites excluding steroid dienone is 1. The lowest BCUT2D eigenvalue weighted by Gasteiger charge is -2.12. The molecule has 0 fully saturated rings. The molecule has 31 heavy (non-hydrogen) atoms. The van der Waals surface area contributed by atoms with Crippen LogP contribution in [0.4, 0.5) is 5.69 Å². The van der Waals surface area contributed by atoms with Crippen molar-refractivity contribution in [3.05, 3.63) is 89.7 Å². The standard InChI is InChI=1S/C26H22ClNO3/c1-3-30-24-15-25-20(21(16-31-25)18-9-5-4-6-10-18)14-19(24)17(2)13-26(29)28-23-12-8-7-11-22(23)27/h4-16H,3H2,1-2H3,(H,28,29)/b17-13+. The third kappa shape index (κ3) is 4.49. The number of hydrogen-bond donors (Lipinski definition) is 1. The molecule has 0 aliphatic heterocycles. The van der Waals surface area contributed by atoms with Crippen molar-refractivity contribution in [2.24, 2.45) is 0 Å². The van der Waals surface area contributed by atoms with Crippen LogP contribution in [-0.2, 0) is 4.79 Å². The number of fused-ring (bicyclic) bond motifs is 1. The van der Waals surface area contributed by atoms with Crippen molar-refractivity contribution in [2.45, 2.75) is 13.8 Å². The van der Waals surface area contributed by atoms with E-state index in [1.807, 2.05) is 68.4 Å². The minimum atomic E-state index is -0.261. The second-order valence-corrected chi connectivity index (χ2v) is 7.50. The number of rotatable bonds is 6. The monoisotopic (exact) mass is 431 g/mol. The van der Waals surface area contributed by atoms with Crippen LogP contribution in [0.15, 0.2) is 83.5 Å². The molecule has 1 heterocycles. The molecule has 0 bridgehead atoms. The third-order valence-electron chi connectivity index (χ3n) is 4.96. The molecule has 0 aliphatic rings. The van der Waals surface area contributed by atoms with Crippen molar-refractivity contribution in [3.8, 4) is 16.9 Å². The summed E-state index contributed by atoms with van der Waals surface area (Å²) in [5.74, 6) is 0.409. The van der Waals surface area contributed by atoms with Gasteiger partial charge < -0.3 is 14.5 Å². The zero-order valence-electron chi connectivity index (χ0n) is 17.3. The van der Waals surface area contributed by atoms with E-state index < -0.39 is 0 Å². The van der Waals surface area contributed by atoms with Crippen molar-refractivity contribution in [2.75, 3.05) is 11.9 Å². The van der Waals surface area contributed by atoms with E-state index in [0.29, 0.717) is 23.1 Å². The van der Waals surface area contributed by atoms with Crippen molar-refractivity contribution in [1.82, 2.24) is 0 Å². The quantitative estimate of drug-likeness (QED) is 0.328. The molecule has 0 atom stereocenters. The van der Waals surface area contributed by atoms with E-state index in [9.17, 15) is 4.79 Å². The summed E-state index contributed by atoms with van der Waals surface area (Å²) in [6, 6.07) is 21.1. The Hall–Kier alpha value is -3.50. The van der Waals surface area contributed by atoms with Crippen LogP contribution >= 0.6 is 11.6 Å². The summed E-state index contributed by atoms with van der Waals surface area (Å²) in [6.45, 7) is 4.32. The predicted molar refractivity (Wildman–Crippen MR) is 127 cm³/mol. The lowest BCUT2D eigenvalue weighted by molar-refractivity contribution is -0.111. The van der Waals surface area contributed by atoms with Crippen LogP contribution in [0.2, 0.25) is 5.02 Å². The Morgan fingerprint density at radius 3 is 2.58 bits per heavy atom. The topological polar surface area (TPSA) is 51.5 Å². The highest BCUT2D eigenvalue weighted by Crippen LogP contribution is 2.37. The molecule has 0 radical (unpaired) electrons. The summed E-state index contributed by atoms with van der Waals surface area (Å²) in [7, 11) is 0. The zero-order chi connectivity index (χ0) is 21.8. The molecule has 4 nitrogen and oxygen atoms in total. The number of carbonyl (C=O) groups excluding carboxylic acids is 1. The van der Waals surface area contributed by atoms with Crippen LogP contribution in [0.3, 0.4) is 0 Å².